The molecule has 0 unspecified atom stereocenters. The fraction of sp³-hybridized carbons (Fsp3) is 0.357. The molecule has 0 aliphatic heterocycles. The van der Waals surface area contributed by atoms with E-state index >= 15 is 0 Å². The molecule has 1 aromatic carbocycles. The minimum atomic E-state index is -0.435. The third kappa shape index (κ3) is 3.20. The molecule has 2 N–H and O–H groups in total. The van der Waals surface area contributed by atoms with E-state index in [-0.39, 0.29) is 12.3 Å². The molecule has 0 radical (unpaired) electrons. The van der Waals surface area contributed by atoms with Crippen LogP contribution in [0.3, 0.4) is 0 Å². The van der Waals surface area contributed by atoms with Gasteiger partial charge in [0.2, 0.25) is 0 Å². The second kappa shape index (κ2) is 6.27. The number of rotatable bonds is 6. The lowest BCUT2D eigenvalue weighted by atomic mass is 10.2. The quantitative estimate of drug-likeness (QED) is 0.853. The zero-order valence-corrected chi connectivity index (χ0v) is 11.6. The first-order valence-corrected chi connectivity index (χ1v) is 6.34. The van der Waals surface area contributed by atoms with E-state index in [1.165, 1.54) is 7.11 Å². The average molecular weight is 279 g/mol. The highest BCUT2D eigenvalue weighted by atomic mass is 19.1. The smallest absolute Gasteiger partial charge is 0.160 e. The van der Waals surface area contributed by atoms with E-state index < -0.39 is 6.67 Å². The Morgan fingerprint density at radius 3 is 2.95 bits per heavy atom. The van der Waals surface area contributed by atoms with E-state index in [1.807, 2.05) is 6.92 Å². The van der Waals surface area contributed by atoms with E-state index in [0.29, 0.717) is 12.3 Å². The van der Waals surface area contributed by atoms with Gasteiger partial charge >= 0.3 is 0 Å². The Labute approximate surface area is 117 Å². The summed E-state index contributed by atoms with van der Waals surface area (Å²) >= 11 is 0. The summed E-state index contributed by atoms with van der Waals surface area (Å²) in [4.78, 5) is 0. The third-order valence-electron chi connectivity index (χ3n) is 2.96. The maximum absolute atomic E-state index is 12.3. The summed E-state index contributed by atoms with van der Waals surface area (Å²) in [6.07, 6.45) is 1.80. The van der Waals surface area contributed by atoms with Crippen molar-refractivity contribution in [1.82, 2.24) is 9.78 Å². The largest absolute Gasteiger partial charge is 0.504 e. The van der Waals surface area contributed by atoms with Crippen molar-refractivity contribution < 1.29 is 14.2 Å². The lowest BCUT2D eigenvalue weighted by Crippen LogP contribution is -2.04. The van der Waals surface area contributed by atoms with Crippen LogP contribution in [0.5, 0.6) is 11.5 Å². The molecular weight excluding hydrogens is 261 g/mol. The number of aryl methyl sites for hydroxylation is 2. The first-order chi connectivity index (χ1) is 9.63. The van der Waals surface area contributed by atoms with Crippen LogP contribution in [-0.2, 0) is 13.1 Å². The van der Waals surface area contributed by atoms with Gasteiger partial charge in [-0.05, 0) is 24.6 Å². The topological polar surface area (TPSA) is 59.3 Å². The minimum Gasteiger partial charge on any atom is -0.504 e. The second-order valence-electron chi connectivity index (χ2n) is 4.47. The molecule has 0 saturated carbocycles. The summed E-state index contributed by atoms with van der Waals surface area (Å²) in [5.74, 6) is 1.27. The molecule has 0 bridgehead atoms. The van der Waals surface area contributed by atoms with E-state index in [1.54, 1.807) is 29.1 Å². The van der Waals surface area contributed by atoms with Crippen LogP contribution < -0.4 is 10.1 Å². The van der Waals surface area contributed by atoms with Crippen LogP contribution in [0.25, 0.3) is 0 Å². The summed E-state index contributed by atoms with van der Waals surface area (Å²) in [5.41, 5.74) is 1.92. The number of alkyl halides is 1. The lowest BCUT2D eigenvalue weighted by molar-refractivity contribution is 0.373. The predicted molar refractivity (Wildman–Crippen MR) is 74.9 cm³/mol. The molecule has 108 valence electrons. The number of phenolic OH excluding ortho intramolecular Hbond substituents is 1. The highest BCUT2D eigenvalue weighted by Gasteiger charge is 2.06. The van der Waals surface area contributed by atoms with Gasteiger partial charge in [-0.25, -0.2) is 4.39 Å². The van der Waals surface area contributed by atoms with Crippen molar-refractivity contribution in [2.24, 2.45) is 0 Å². The van der Waals surface area contributed by atoms with Gasteiger partial charge in [-0.3, -0.25) is 4.68 Å². The van der Waals surface area contributed by atoms with Gasteiger partial charge < -0.3 is 15.2 Å². The van der Waals surface area contributed by atoms with E-state index in [0.717, 1.165) is 16.9 Å². The molecule has 0 saturated heterocycles. The van der Waals surface area contributed by atoms with Crippen molar-refractivity contribution in [2.75, 3.05) is 19.1 Å². The van der Waals surface area contributed by atoms with Gasteiger partial charge in [0.15, 0.2) is 17.3 Å². The third-order valence-corrected chi connectivity index (χ3v) is 2.96. The molecule has 0 amide bonds. The Hall–Kier alpha value is -2.24. The number of nitrogens with one attached hydrogen (secondary N) is 1. The van der Waals surface area contributed by atoms with Crippen LogP contribution in [0, 0.1) is 6.92 Å². The van der Waals surface area contributed by atoms with Crippen LogP contribution in [0.2, 0.25) is 0 Å². The van der Waals surface area contributed by atoms with Gasteiger partial charge in [0, 0.05) is 18.3 Å². The summed E-state index contributed by atoms with van der Waals surface area (Å²) in [6.45, 7) is 2.29. The summed E-state index contributed by atoms with van der Waals surface area (Å²) < 4.78 is 18.9. The number of phenols is 1. The van der Waals surface area contributed by atoms with Gasteiger partial charge in [0.25, 0.3) is 0 Å². The number of benzene rings is 1. The van der Waals surface area contributed by atoms with Crippen LogP contribution in [0.4, 0.5) is 10.2 Å². The van der Waals surface area contributed by atoms with E-state index in [4.69, 9.17) is 4.74 Å². The molecule has 0 fully saturated rings. The van der Waals surface area contributed by atoms with Crippen molar-refractivity contribution in [2.45, 2.75) is 20.0 Å². The zero-order valence-electron chi connectivity index (χ0n) is 11.6. The van der Waals surface area contributed by atoms with Crippen LogP contribution >= 0.6 is 0 Å². The van der Waals surface area contributed by atoms with Crippen molar-refractivity contribution in [3.05, 3.63) is 35.5 Å². The van der Waals surface area contributed by atoms with Crippen LogP contribution in [0.15, 0.2) is 24.4 Å². The van der Waals surface area contributed by atoms with Gasteiger partial charge in [-0.15, -0.1) is 0 Å². The van der Waals surface area contributed by atoms with Crippen molar-refractivity contribution >= 4 is 5.82 Å². The molecule has 5 nitrogen and oxygen atoms in total. The maximum Gasteiger partial charge on any atom is 0.160 e. The maximum atomic E-state index is 12.3. The second-order valence-corrected chi connectivity index (χ2v) is 4.47. The van der Waals surface area contributed by atoms with Crippen LogP contribution in [0.1, 0.15) is 11.1 Å². The van der Waals surface area contributed by atoms with Crippen LogP contribution in [-0.4, -0.2) is 28.7 Å². The monoisotopic (exact) mass is 279 g/mol. The molecule has 1 aromatic heterocycles. The Bertz CT molecular complexity index is 584. The predicted octanol–water partition coefficient (Wildman–Crippen LogP) is 2.49. The van der Waals surface area contributed by atoms with E-state index in [2.05, 4.69) is 10.4 Å². The highest BCUT2D eigenvalue weighted by Crippen LogP contribution is 2.26. The molecule has 2 aromatic rings. The Morgan fingerprint density at radius 1 is 1.45 bits per heavy atom. The Balaban J connectivity index is 2.04. The molecule has 6 heteroatoms. The SMILES string of the molecule is COc1cc(CNc2nn(CCF)cc2C)ccc1O. The van der Waals surface area contributed by atoms with Crippen molar-refractivity contribution in [3.8, 4) is 11.5 Å². The Morgan fingerprint density at radius 2 is 2.25 bits per heavy atom. The molecule has 0 aliphatic rings. The fourth-order valence-electron chi connectivity index (χ4n) is 1.91. The highest BCUT2D eigenvalue weighted by molar-refractivity contribution is 5.45. The fourth-order valence-corrected chi connectivity index (χ4v) is 1.91. The number of methoxy groups -OCH3 is 1. The van der Waals surface area contributed by atoms with Gasteiger partial charge in [-0.1, -0.05) is 6.07 Å². The number of hydrogen-bond donors (Lipinski definition) is 2. The van der Waals surface area contributed by atoms with Gasteiger partial charge in [0.1, 0.15) is 6.67 Å². The minimum absolute atomic E-state index is 0.111. The molecular formula is C14H18FN3O2. The lowest BCUT2D eigenvalue weighted by Gasteiger charge is -2.08. The molecule has 0 aliphatic carbocycles. The number of anilines is 1. The number of aromatic hydroxyl groups is 1. The number of hydrogen-bond acceptors (Lipinski definition) is 4. The first kappa shape index (κ1) is 14.2. The van der Waals surface area contributed by atoms with Gasteiger partial charge in [-0.2, -0.15) is 5.10 Å². The molecule has 0 spiro atoms. The normalized spacial score (nSPS) is 10.6. The summed E-state index contributed by atoms with van der Waals surface area (Å²) in [6, 6.07) is 5.15. The van der Waals surface area contributed by atoms with Gasteiger partial charge in [0.05, 0.1) is 13.7 Å². The zero-order chi connectivity index (χ0) is 14.5. The number of halogens is 1. The molecule has 2 rings (SSSR count). The number of aromatic nitrogens is 2. The summed E-state index contributed by atoms with van der Waals surface area (Å²) in [5, 5.41) is 17.0. The standard InChI is InChI=1S/C14H18FN3O2/c1-10-9-18(6-5-15)17-14(10)16-8-11-3-4-12(19)13(7-11)20-2/h3-4,7,9,19H,5-6,8H2,1-2H3,(H,16,17). The average Bonchev–Trinajstić information content (AvgIpc) is 2.78. The molecule has 1 heterocycles. The first-order valence-electron chi connectivity index (χ1n) is 6.34. The Kier molecular flexibility index (Phi) is 4.45. The van der Waals surface area contributed by atoms with E-state index in [9.17, 15) is 9.50 Å². The number of ether oxygens (including phenoxy) is 1. The van der Waals surface area contributed by atoms with Crippen molar-refractivity contribution in [3.63, 3.8) is 0 Å². The molecule has 0 atom stereocenters. The number of nitrogens with zero attached hydrogens (tertiary/aromatic N) is 2. The van der Waals surface area contributed by atoms with Crippen molar-refractivity contribution in [1.29, 1.82) is 0 Å². The summed E-state index contributed by atoms with van der Waals surface area (Å²) in [7, 11) is 1.51. The molecule has 20 heavy (non-hydrogen) atoms.